The number of anilines is 1. The van der Waals surface area contributed by atoms with E-state index in [2.05, 4.69) is 34.5 Å². The molecule has 2 heterocycles. The van der Waals surface area contributed by atoms with Crippen LogP contribution in [0.4, 0.5) is 5.69 Å². The van der Waals surface area contributed by atoms with E-state index in [1.165, 1.54) is 11.3 Å². The Morgan fingerprint density at radius 3 is 2.96 bits per heavy atom. The Morgan fingerprint density at radius 1 is 1.13 bits per heavy atom. The first-order chi connectivity index (χ1) is 11.3. The first kappa shape index (κ1) is 13.9. The van der Waals surface area contributed by atoms with Gasteiger partial charge in [0, 0.05) is 30.9 Å². The predicted molar refractivity (Wildman–Crippen MR) is 87.3 cm³/mol. The maximum Gasteiger partial charge on any atom is 0.251 e. The molecule has 0 spiro atoms. The lowest BCUT2D eigenvalue weighted by molar-refractivity contribution is 0.0954. The lowest BCUT2D eigenvalue weighted by atomic mass is 10.2. The van der Waals surface area contributed by atoms with Crippen molar-refractivity contribution in [1.29, 1.82) is 0 Å². The predicted octanol–water partition coefficient (Wildman–Crippen LogP) is 2.21. The molecule has 1 N–H and O–H groups in total. The number of hydrogen-bond acceptors (Lipinski definition) is 4. The monoisotopic (exact) mass is 310 g/mol. The molecule has 2 aromatic rings. The molecule has 23 heavy (non-hydrogen) atoms. The highest BCUT2D eigenvalue weighted by molar-refractivity contribution is 5.94. The minimum atomic E-state index is -0.0872. The molecule has 0 bridgehead atoms. The second-order valence-electron chi connectivity index (χ2n) is 5.69. The van der Waals surface area contributed by atoms with Gasteiger partial charge in [0.25, 0.3) is 5.91 Å². The van der Waals surface area contributed by atoms with Gasteiger partial charge < -0.3 is 19.7 Å². The number of nitrogens with zero attached hydrogens (tertiary/aromatic N) is 1. The van der Waals surface area contributed by atoms with Crippen LogP contribution in [0.2, 0.25) is 0 Å². The minimum absolute atomic E-state index is 0.0872. The molecule has 2 aromatic carbocycles. The molecule has 0 unspecified atom stereocenters. The highest BCUT2D eigenvalue weighted by Crippen LogP contribution is 2.32. The van der Waals surface area contributed by atoms with Gasteiger partial charge in [0.2, 0.25) is 6.79 Å². The quantitative estimate of drug-likeness (QED) is 0.941. The molecular weight excluding hydrogens is 292 g/mol. The smallest absolute Gasteiger partial charge is 0.251 e. The summed E-state index contributed by atoms with van der Waals surface area (Å²) in [6.07, 6.45) is 1.08. The Morgan fingerprint density at radius 2 is 2.00 bits per heavy atom. The van der Waals surface area contributed by atoms with Gasteiger partial charge in [-0.25, -0.2) is 0 Å². The first-order valence-corrected chi connectivity index (χ1v) is 7.82. The fraction of sp³-hybridized carbons (Fsp3) is 0.278. The minimum Gasteiger partial charge on any atom is -0.454 e. The molecule has 0 aromatic heterocycles. The number of carbonyl (C=O) groups excluding carboxylic acids is 1. The van der Waals surface area contributed by atoms with E-state index >= 15 is 0 Å². The Labute approximate surface area is 134 Å². The number of hydrogen-bond donors (Lipinski definition) is 1. The maximum atomic E-state index is 12.2. The van der Waals surface area contributed by atoms with Crippen LogP contribution in [-0.2, 0) is 6.42 Å². The normalized spacial score (nSPS) is 14.7. The molecule has 118 valence electrons. The fourth-order valence-electron chi connectivity index (χ4n) is 3.08. The van der Waals surface area contributed by atoms with Crippen LogP contribution in [0.3, 0.4) is 0 Å². The lowest BCUT2D eigenvalue weighted by Gasteiger charge is -2.19. The Hall–Kier alpha value is -2.69. The zero-order chi connectivity index (χ0) is 15.6. The van der Waals surface area contributed by atoms with Crippen molar-refractivity contribution in [2.45, 2.75) is 6.42 Å². The van der Waals surface area contributed by atoms with Crippen molar-refractivity contribution in [2.75, 3.05) is 31.3 Å². The first-order valence-electron chi connectivity index (χ1n) is 7.82. The van der Waals surface area contributed by atoms with Gasteiger partial charge in [-0.15, -0.1) is 0 Å². The van der Waals surface area contributed by atoms with E-state index in [0.29, 0.717) is 23.6 Å². The topological polar surface area (TPSA) is 50.8 Å². The Bertz CT molecular complexity index is 745. The summed E-state index contributed by atoms with van der Waals surface area (Å²) in [5.74, 6) is 1.23. The number of nitrogens with one attached hydrogen (secondary N) is 1. The number of para-hydroxylation sites is 1. The number of carbonyl (C=O) groups is 1. The van der Waals surface area contributed by atoms with Crippen LogP contribution in [0.1, 0.15) is 15.9 Å². The average molecular weight is 310 g/mol. The number of benzene rings is 2. The highest BCUT2D eigenvalue weighted by atomic mass is 16.7. The molecule has 0 atom stereocenters. The van der Waals surface area contributed by atoms with Crippen molar-refractivity contribution >= 4 is 11.6 Å². The number of rotatable bonds is 4. The van der Waals surface area contributed by atoms with E-state index in [4.69, 9.17) is 9.47 Å². The maximum absolute atomic E-state index is 12.2. The molecule has 4 rings (SSSR count). The number of amides is 1. The third-order valence-electron chi connectivity index (χ3n) is 4.29. The zero-order valence-corrected chi connectivity index (χ0v) is 12.7. The van der Waals surface area contributed by atoms with Gasteiger partial charge in [-0.05, 0) is 36.2 Å². The van der Waals surface area contributed by atoms with Crippen LogP contribution >= 0.6 is 0 Å². The van der Waals surface area contributed by atoms with Gasteiger partial charge in [-0.3, -0.25) is 4.79 Å². The van der Waals surface area contributed by atoms with Crippen LogP contribution < -0.4 is 19.7 Å². The summed E-state index contributed by atoms with van der Waals surface area (Å²) in [6.45, 7) is 2.66. The molecule has 2 aliphatic heterocycles. The molecule has 1 amide bonds. The summed E-state index contributed by atoms with van der Waals surface area (Å²) in [4.78, 5) is 14.6. The van der Waals surface area contributed by atoms with Gasteiger partial charge in [0.15, 0.2) is 11.5 Å². The van der Waals surface area contributed by atoms with Gasteiger partial charge in [-0.1, -0.05) is 18.2 Å². The van der Waals surface area contributed by atoms with E-state index < -0.39 is 0 Å². The zero-order valence-electron chi connectivity index (χ0n) is 12.7. The summed E-state index contributed by atoms with van der Waals surface area (Å²) in [5, 5.41) is 2.97. The van der Waals surface area contributed by atoms with E-state index in [1.54, 1.807) is 18.2 Å². The summed E-state index contributed by atoms with van der Waals surface area (Å²) < 4.78 is 10.6. The molecule has 5 heteroatoms. The van der Waals surface area contributed by atoms with Crippen LogP contribution in [0.15, 0.2) is 42.5 Å². The molecule has 2 aliphatic rings. The summed E-state index contributed by atoms with van der Waals surface area (Å²) in [5.41, 5.74) is 3.26. The fourth-order valence-corrected chi connectivity index (χ4v) is 3.08. The lowest BCUT2D eigenvalue weighted by Crippen LogP contribution is -2.34. The SMILES string of the molecule is O=C(NCCN1CCc2ccccc21)c1ccc2c(c1)OCO2. The van der Waals surface area contributed by atoms with Crippen molar-refractivity contribution in [3.8, 4) is 11.5 Å². The third kappa shape index (κ3) is 2.70. The average Bonchev–Trinajstić information content (AvgIpc) is 3.21. The molecule has 0 aliphatic carbocycles. The van der Waals surface area contributed by atoms with Crippen LogP contribution in [-0.4, -0.2) is 32.3 Å². The van der Waals surface area contributed by atoms with Crippen molar-refractivity contribution in [1.82, 2.24) is 5.32 Å². The molecule has 5 nitrogen and oxygen atoms in total. The van der Waals surface area contributed by atoms with Crippen LogP contribution in [0.25, 0.3) is 0 Å². The largest absolute Gasteiger partial charge is 0.454 e. The van der Waals surface area contributed by atoms with E-state index in [0.717, 1.165) is 19.5 Å². The molecular formula is C18H18N2O3. The standard InChI is InChI=1S/C18H18N2O3/c21-18(14-5-6-16-17(11-14)23-12-22-16)19-8-10-20-9-7-13-3-1-2-4-15(13)20/h1-6,11H,7-10,12H2,(H,19,21). The van der Waals surface area contributed by atoms with Crippen molar-refractivity contribution < 1.29 is 14.3 Å². The van der Waals surface area contributed by atoms with Gasteiger partial charge in [0.1, 0.15) is 0 Å². The summed E-state index contributed by atoms with van der Waals surface area (Å²) in [6, 6.07) is 13.7. The van der Waals surface area contributed by atoms with Gasteiger partial charge in [0.05, 0.1) is 0 Å². The second-order valence-corrected chi connectivity index (χ2v) is 5.69. The van der Waals surface area contributed by atoms with Crippen LogP contribution in [0.5, 0.6) is 11.5 Å². The van der Waals surface area contributed by atoms with E-state index in [-0.39, 0.29) is 12.7 Å². The van der Waals surface area contributed by atoms with Crippen LogP contribution in [0, 0.1) is 0 Å². The van der Waals surface area contributed by atoms with Crippen molar-refractivity contribution in [3.63, 3.8) is 0 Å². The number of ether oxygens (including phenoxy) is 2. The van der Waals surface area contributed by atoms with Gasteiger partial charge in [-0.2, -0.15) is 0 Å². The Balaban J connectivity index is 1.34. The third-order valence-corrected chi connectivity index (χ3v) is 4.29. The molecule has 0 radical (unpaired) electrons. The van der Waals surface area contributed by atoms with Crippen molar-refractivity contribution in [2.24, 2.45) is 0 Å². The molecule has 0 fully saturated rings. The van der Waals surface area contributed by atoms with E-state index in [9.17, 15) is 4.79 Å². The van der Waals surface area contributed by atoms with Gasteiger partial charge >= 0.3 is 0 Å². The highest BCUT2D eigenvalue weighted by Gasteiger charge is 2.19. The van der Waals surface area contributed by atoms with E-state index in [1.807, 2.05) is 0 Å². The summed E-state index contributed by atoms with van der Waals surface area (Å²) >= 11 is 0. The van der Waals surface area contributed by atoms with Crippen molar-refractivity contribution in [3.05, 3.63) is 53.6 Å². The molecule has 0 saturated heterocycles. The summed E-state index contributed by atoms with van der Waals surface area (Å²) in [7, 11) is 0. The Kier molecular flexibility index (Phi) is 3.54. The molecule has 0 saturated carbocycles. The second kappa shape index (κ2) is 5.83. The number of fused-ring (bicyclic) bond motifs is 2.